The van der Waals surface area contributed by atoms with Crippen molar-refractivity contribution in [2.75, 3.05) is 43.5 Å². The smallest absolute Gasteiger partial charge is 0.255 e. The SMILES string of the molecule is COc1ccccc1N1CCN(Cc2cccc(C(=O)Nc3ccc(F)cc3)c2)CC1. The largest absolute Gasteiger partial charge is 0.495 e. The minimum atomic E-state index is -0.328. The number of piperazine rings is 1. The molecule has 1 saturated heterocycles. The van der Waals surface area contributed by atoms with Crippen LogP contribution in [0.15, 0.2) is 72.8 Å². The van der Waals surface area contributed by atoms with Gasteiger partial charge >= 0.3 is 0 Å². The maximum atomic E-state index is 13.1. The number of carbonyl (C=O) groups excluding carboxylic acids is 1. The van der Waals surface area contributed by atoms with Gasteiger partial charge in [0.25, 0.3) is 5.91 Å². The van der Waals surface area contributed by atoms with Gasteiger partial charge in [0.1, 0.15) is 11.6 Å². The summed E-state index contributed by atoms with van der Waals surface area (Å²) in [5.41, 5.74) is 3.39. The van der Waals surface area contributed by atoms with Crippen molar-refractivity contribution in [2.45, 2.75) is 6.54 Å². The molecule has 3 aromatic carbocycles. The molecule has 0 atom stereocenters. The van der Waals surface area contributed by atoms with E-state index in [9.17, 15) is 9.18 Å². The zero-order valence-corrected chi connectivity index (χ0v) is 17.6. The minimum absolute atomic E-state index is 0.200. The molecule has 0 aliphatic carbocycles. The molecule has 0 aromatic heterocycles. The normalized spacial score (nSPS) is 14.3. The number of rotatable bonds is 6. The van der Waals surface area contributed by atoms with E-state index in [1.54, 1.807) is 25.3 Å². The lowest BCUT2D eigenvalue weighted by molar-refractivity contribution is 0.102. The third-order valence-corrected chi connectivity index (χ3v) is 5.50. The number of nitrogens with one attached hydrogen (secondary N) is 1. The molecule has 0 bridgehead atoms. The van der Waals surface area contributed by atoms with Crippen LogP contribution >= 0.6 is 0 Å². The molecule has 5 nitrogen and oxygen atoms in total. The number of hydrogen-bond donors (Lipinski definition) is 1. The predicted molar refractivity (Wildman–Crippen MR) is 121 cm³/mol. The van der Waals surface area contributed by atoms with E-state index >= 15 is 0 Å². The number of anilines is 2. The first-order valence-corrected chi connectivity index (χ1v) is 10.4. The van der Waals surface area contributed by atoms with Gasteiger partial charge < -0.3 is 15.0 Å². The van der Waals surface area contributed by atoms with Crippen LogP contribution in [0.4, 0.5) is 15.8 Å². The van der Waals surface area contributed by atoms with Gasteiger partial charge in [-0.1, -0.05) is 24.3 Å². The van der Waals surface area contributed by atoms with Crippen molar-refractivity contribution in [3.8, 4) is 5.75 Å². The van der Waals surface area contributed by atoms with Gasteiger partial charge in [-0.2, -0.15) is 0 Å². The lowest BCUT2D eigenvalue weighted by Gasteiger charge is -2.36. The fourth-order valence-electron chi connectivity index (χ4n) is 3.84. The van der Waals surface area contributed by atoms with Crippen LogP contribution in [0.25, 0.3) is 0 Å². The number of para-hydroxylation sites is 2. The molecule has 0 spiro atoms. The van der Waals surface area contributed by atoms with Crippen LogP contribution in [0.1, 0.15) is 15.9 Å². The maximum absolute atomic E-state index is 13.1. The summed E-state index contributed by atoms with van der Waals surface area (Å²) in [7, 11) is 1.70. The van der Waals surface area contributed by atoms with Crippen molar-refractivity contribution in [1.29, 1.82) is 0 Å². The second kappa shape index (κ2) is 9.62. The maximum Gasteiger partial charge on any atom is 0.255 e. The van der Waals surface area contributed by atoms with E-state index in [1.807, 2.05) is 36.4 Å². The van der Waals surface area contributed by atoms with Gasteiger partial charge in [0, 0.05) is 44.0 Å². The first-order valence-electron chi connectivity index (χ1n) is 10.4. The molecule has 6 heteroatoms. The van der Waals surface area contributed by atoms with Crippen LogP contribution in [-0.4, -0.2) is 44.1 Å². The molecule has 1 amide bonds. The Morgan fingerprint density at radius 1 is 0.968 bits per heavy atom. The fourth-order valence-corrected chi connectivity index (χ4v) is 3.84. The van der Waals surface area contributed by atoms with Crippen molar-refractivity contribution in [3.63, 3.8) is 0 Å². The number of amides is 1. The predicted octanol–water partition coefficient (Wildman–Crippen LogP) is 4.41. The van der Waals surface area contributed by atoms with E-state index in [0.717, 1.165) is 49.7 Å². The monoisotopic (exact) mass is 419 g/mol. The van der Waals surface area contributed by atoms with E-state index in [-0.39, 0.29) is 11.7 Å². The fraction of sp³-hybridized carbons (Fsp3) is 0.240. The highest BCUT2D eigenvalue weighted by atomic mass is 19.1. The van der Waals surface area contributed by atoms with E-state index < -0.39 is 0 Å². The molecule has 4 rings (SSSR count). The lowest BCUT2D eigenvalue weighted by Crippen LogP contribution is -2.46. The Morgan fingerprint density at radius 2 is 1.71 bits per heavy atom. The highest BCUT2D eigenvalue weighted by Crippen LogP contribution is 2.28. The first-order chi connectivity index (χ1) is 15.1. The van der Waals surface area contributed by atoms with Crippen molar-refractivity contribution < 1.29 is 13.9 Å². The van der Waals surface area contributed by atoms with Crippen LogP contribution in [0.3, 0.4) is 0 Å². The number of benzene rings is 3. The van der Waals surface area contributed by atoms with Gasteiger partial charge in [0.15, 0.2) is 0 Å². The third-order valence-electron chi connectivity index (χ3n) is 5.50. The van der Waals surface area contributed by atoms with Crippen LogP contribution in [0.2, 0.25) is 0 Å². The zero-order valence-electron chi connectivity index (χ0n) is 17.6. The van der Waals surface area contributed by atoms with Gasteiger partial charge in [0.2, 0.25) is 0 Å². The highest BCUT2D eigenvalue weighted by Gasteiger charge is 2.20. The lowest BCUT2D eigenvalue weighted by atomic mass is 10.1. The topological polar surface area (TPSA) is 44.8 Å². The molecule has 1 heterocycles. The summed E-state index contributed by atoms with van der Waals surface area (Å²) in [6.45, 7) is 4.50. The van der Waals surface area contributed by atoms with Crippen LogP contribution in [0, 0.1) is 5.82 Å². The number of ether oxygens (including phenoxy) is 1. The summed E-state index contributed by atoms with van der Waals surface area (Å²) in [6, 6.07) is 21.5. The molecule has 1 fully saturated rings. The zero-order chi connectivity index (χ0) is 21.6. The summed E-state index contributed by atoms with van der Waals surface area (Å²) in [4.78, 5) is 17.3. The van der Waals surface area contributed by atoms with Gasteiger partial charge in [-0.15, -0.1) is 0 Å². The van der Waals surface area contributed by atoms with E-state index in [4.69, 9.17) is 4.74 Å². The standard InChI is InChI=1S/C25H26FN3O2/c1-31-24-8-3-2-7-23(24)29-15-13-28(14-16-29)18-19-5-4-6-20(17-19)25(30)27-22-11-9-21(26)10-12-22/h2-12,17H,13-16,18H2,1H3,(H,27,30). The number of methoxy groups -OCH3 is 1. The molecule has 1 N–H and O–H groups in total. The van der Waals surface area contributed by atoms with Gasteiger partial charge in [-0.25, -0.2) is 4.39 Å². The summed E-state index contributed by atoms with van der Waals surface area (Å²) >= 11 is 0. The molecule has 0 radical (unpaired) electrons. The molecule has 160 valence electrons. The van der Waals surface area contributed by atoms with Crippen molar-refractivity contribution in [2.24, 2.45) is 0 Å². The average Bonchev–Trinajstić information content (AvgIpc) is 2.81. The molecule has 3 aromatic rings. The number of carbonyl (C=O) groups is 1. The summed E-state index contributed by atoms with van der Waals surface area (Å²) in [6.07, 6.45) is 0. The van der Waals surface area contributed by atoms with E-state index in [0.29, 0.717) is 11.3 Å². The summed E-state index contributed by atoms with van der Waals surface area (Å²) < 4.78 is 18.5. The second-order valence-corrected chi connectivity index (χ2v) is 7.60. The average molecular weight is 420 g/mol. The van der Waals surface area contributed by atoms with Crippen molar-refractivity contribution in [1.82, 2.24) is 4.90 Å². The second-order valence-electron chi connectivity index (χ2n) is 7.60. The van der Waals surface area contributed by atoms with Crippen LogP contribution in [-0.2, 0) is 6.54 Å². The molecular weight excluding hydrogens is 393 g/mol. The van der Waals surface area contributed by atoms with Gasteiger partial charge in [-0.05, 0) is 54.1 Å². The quantitative estimate of drug-likeness (QED) is 0.643. The summed E-state index contributed by atoms with van der Waals surface area (Å²) in [5.74, 6) is 0.371. The molecule has 1 aliphatic rings. The molecule has 31 heavy (non-hydrogen) atoms. The Balaban J connectivity index is 1.35. The Labute approximate surface area is 182 Å². The number of nitrogens with zero attached hydrogens (tertiary/aromatic N) is 2. The minimum Gasteiger partial charge on any atom is -0.495 e. The molecular formula is C25H26FN3O2. The molecule has 1 aliphatic heterocycles. The molecule has 0 unspecified atom stereocenters. The Kier molecular flexibility index (Phi) is 6.48. The number of hydrogen-bond acceptors (Lipinski definition) is 4. The number of halogens is 1. The Bertz CT molecular complexity index is 1030. The highest BCUT2D eigenvalue weighted by molar-refractivity contribution is 6.04. The van der Waals surface area contributed by atoms with Crippen LogP contribution < -0.4 is 15.0 Å². The van der Waals surface area contributed by atoms with E-state index in [2.05, 4.69) is 21.2 Å². The molecule has 0 saturated carbocycles. The van der Waals surface area contributed by atoms with E-state index in [1.165, 1.54) is 12.1 Å². The Hall–Kier alpha value is -3.38. The third kappa shape index (κ3) is 5.22. The van der Waals surface area contributed by atoms with Gasteiger partial charge in [-0.3, -0.25) is 9.69 Å². The summed E-state index contributed by atoms with van der Waals surface area (Å²) in [5, 5.41) is 2.81. The van der Waals surface area contributed by atoms with Crippen molar-refractivity contribution >= 4 is 17.3 Å². The van der Waals surface area contributed by atoms with Gasteiger partial charge in [0.05, 0.1) is 12.8 Å². The van der Waals surface area contributed by atoms with Crippen molar-refractivity contribution in [3.05, 3.63) is 89.7 Å². The van der Waals surface area contributed by atoms with Crippen LogP contribution in [0.5, 0.6) is 5.75 Å². The first kappa shape index (κ1) is 20.9. The Morgan fingerprint density at radius 3 is 2.45 bits per heavy atom.